The summed E-state index contributed by atoms with van der Waals surface area (Å²) in [6.07, 6.45) is 7.72. The van der Waals surface area contributed by atoms with Crippen LogP contribution in [0.25, 0.3) is 0 Å². The van der Waals surface area contributed by atoms with Crippen LogP contribution in [-0.2, 0) is 9.53 Å². The minimum Gasteiger partial charge on any atom is -0.481 e. The molecule has 32 heavy (non-hydrogen) atoms. The number of aliphatic carboxylic acids is 1. The highest BCUT2D eigenvalue weighted by Gasteiger charge is 2.34. The van der Waals surface area contributed by atoms with Crippen molar-refractivity contribution < 1.29 is 19.4 Å². The van der Waals surface area contributed by atoms with E-state index in [-0.39, 0.29) is 12.3 Å². The first-order chi connectivity index (χ1) is 15.6. The van der Waals surface area contributed by atoms with Crippen LogP contribution >= 0.6 is 0 Å². The minimum atomic E-state index is -0.749. The number of ether oxygens (including phenoxy) is 2. The molecule has 1 aliphatic heterocycles. The molecule has 1 aromatic heterocycles. The number of anilines is 3. The van der Waals surface area contributed by atoms with Crippen molar-refractivity contribution in [3.63, 3.8) is 0 Å². The van der Waals surface area contributed by atoms with Crippen LogP contribution < -0.4 is 15.0 Å². The van der Waals surface area contributed by atoms with Gasteiger partial charge in [-0.15, -0.1) is 0 Å². The maximum atomic E-state index is 11.5. The molecule has 1 saturated heterocycles. The van der Waals surface area contributed by atoms with E-state index in [0.29, 0.717) is 18.0 Å². The fourth-order valence-electron chi connectivity index (χ4n) is 4.64. The molecule has 2 N–H and O–H groups in total. The quantitative estimate of drug-likeness (QED) is 0.567. The smallest absolute Gasteiger partial charge is 0.316 e. The van der Waals surface area contributed by atoms with Gasteiger partial charge in [0.2, 0.25) is 0 Å². The van der Waals surface area contributed by atoms with Crippen molar-refractivity contribution in [1.29, 1.82) is 0 Å². The van der Waals surface area contributed by atoms with Crippen LogP contribution in [0.1, 0.15) is 50.5 Å². The van der Waals surface area contributed by atoms with Crippen LogP contribution in [0.4, 0.5) is 17.1 Å². The highest BCUT2D eigenvalue weighted by molar-refractivity contribution is 5.77. The summed E-state index contributed by atoms with van der Waals surface area (Å²) in [5, 5.41) is 12.9. The van der Waals surface area contributed by atoms with E-state index >= 15 is 0 Å². The van der Waals surface area contributed by atoms with Crippen molar-refractivity contribution >= 4 is 23.0 Å². The van der Waals surface area contributed by atoms with Crippen molar-refractivity contribution in [3.8, 4) is 6.01 Å². The van der Waals surface area contributed by atoms with Crippen molar-refractivity contribution in [2.24, 2.45) is 5.92 Å². The zero-order valence-electron chi connectivity index (χ0n) is 18.8. The number of carboxylic acid groups (broad SMARTS) is 1. The SMILES string of the molecule is CCN(c1ccc(C(CC(=O)O)C2CC2)cc1Nc1cnc(OC)nc1)C1CCOCC1. The average molecular weight is 441 g/mol. The van der Waals surface area contributed by atoms with Gasteiger partial charge in [0, 0.05) is 25.8 Å². The number of rotatable bonds is 10. The lowest BCUT2D eigenvalue weighted by Gasteiger charge is -2.37. The summed E-state index contributed by atoms with van der Waals surface area (Å²) >= 11 is 0. The fourth-order valence-corrected chi connectivity index (χ4v) is 4.64. The first-order valence-corrected chi connectivity index (χ1v) is 11.4. The van der Waals surface area contributed by atoms with Gasteiger partial charge >= 0.3 is 12.0 Å². The summed E-state index contributed by atoms with van der Waals surface area (Å²) in [6.45, 7) is 4.59. The van der Waals surface area contributed by atoms with Crippen molar-refractivity contribution in [2.75, 3.05) is 37.1 Å². The van der Waals surface area contributed by atoms with Crippen molar-refractivity contribution in [3.05, 3.63) is 36.2 Å². The summed E-state index contributed by atoms with van der Waals surface area (Å²) in [4.78, 5) is 22.4. The number of carbonyl (C=O) groups is 1. The Bertz CT molecular complexity index is 911. The minimum absolute atomic E-state index is 0.0346. The van der Waals surface area contributed by atoms with Crippen LogP contribution in [0.2, 0.25) is 0 Å². The van der Waals surface area contributed by atoms with Gasteiger partial charge in [0.25, 0.3) is 0 Å². The zero-order valence-corrected chi connectivity index (χ0v) is 18.8. The van der Waals surface area contributed by atoms with Crippen LogP contribution in [-0.4, -0.2) is 54.0 Å². The highest BCUT2D eigenvalue weighted by atomic mass is 16.5. The van der Waals surface area contributed by atoms with Gasteiger partial charge in [0.1, 0.15) is 0 Å². The molecule has 2 heterocycles. The van der Waals surface area contributed by atoms with Gasteiger partial charge in [-0.05, 0) is 62.1 Å². The summed E-state index contributed by atoms with van der Waals surface area (Å²) < 4.78 is 10.6. The third-order valence-electron chi connectivity index (χ3n) is 6.41. The molecule has 1 aliphatic carbocycles. The molecule has 1 saturated carbocycles. The van der Waals surface area contributed by atoms with Crippen LogP contribution in [0, 0.1) is 5.92 Å². The van der Waals surface area contributed by atoms with E-state index in [1.165, 1.54) is 7.11 Å². The number of aromatic nitrogens is 2. The fraction of sp³-hybridized carbons (Fsp3) is 0.542. The number of carboxylic acids is 1. The molecule has 1 atom stereocenters. The number of nitrogens with zero attached hydrogens (tertiary/aromatic N) is 3. The monoisotopic (exact) mass is 440 g/mol. The van der Waals surface area contributed by atoms with E-state index in [1.54, 1.807) is 12.4 Å². The largest absolute Gasteiger partial charge is 0.481 e. The molecule has 2 aliphatic rings. The van der Waals surface area contributed by atoms with Gasteiger partial charge in [-0.25, -0.2) is 9.97 Å². The molecule has 2 aromatic rings. The van der Waals surface area contributed by atoms with E-state index in [9.17, 15) is 9.90 Å². The molecule has 0 bridgehead atoms. The molecule has 2 fully saturated rings. The Morgan fingerprint density at radius 2 is 1.97 bits per heavy atom. The predicted octanol–water partition coefficient (Wildman–Crippen LogP) is 4.20. The highest BCUT2D eigenvalue weighted by Crippen LogP contribution is 2.46. The molecular weight excluding hydrogens is 408 g/mol. The summed E-state index contributed by atoms with van der Waals surface area (Å²) in [5.74, 6) is -0.263. The molecule has 0 radical (unpaired) electrons. The van der Waals surface area contributed by atoms with Gasteiger partial charge in [-0.1, -0.05) is 6.07 Å². The molecule has 172 valence electrons. The Hall–Kier alpha value is -2.87. The maximum absolute atomic E-state index is 11.5. The van der Waals surface area contributed by atoms with E-state index in [0.717, 1.165) is 68.1 Å². The Kier molecular flexibility index (Phi) is 7.09. The number of methoxy groups -OCH3 is 1. The third-order valence-corrected chi connectivity index (χ3v) is 6.41. The van der Waals surface area contributed by atoms with Gasteiger partial charge in [0.15, 0.2) is 0 Å². The number of hydrogen-bond donors (Lipinski definition) is 2. The molecule has 8 nitrogen and oxygen atoms in total. The third kappa shape index (κ3) is 5.30. The first kappa shape index (κ1) is 22.3. The second kappa shape index (κ2) is 10.2. The normalized spacial score (nSPS) is 17.6. The average Bonchev–Trinajstić information content (AvgIpc) is 3.65. The van der Waals surface area contributed by atoms with E-state index in [1.807, 2.05) is 0 Å². The van der Waals surface area contributed by atoms with Crippen LogP contribution in [0.15, 0.2) is 30.6 Å². The van der Waals surface area contributed by atoms with Crippen LogP contribution in [0.5, 0.6) is 6.01 Å². The van der Waals surface area contributed by atoms with Gasteiger partial charge in [-0.3, -0.25) is 4.79 Å². The molecule has 4 rings (SSSR count). The van der Waals surface area contributed by atoms with Gasteiger partial charge in [0.05, 0.1) is 43.0 Å². The Balaban J connectivity index is 1.69. The standard InChI is InChI=1S/C24H32N4O4/c1-3-28(19-8-10-32-11-9-19)22-7-6-17(20(13-23(29)30)16-4-5-16)12-21(22)27-18-14-25-24(31-2)26-15-18/h6-7,12,14-16,19-20,27H,3-5,8-11,13H2,1-2H3,(H,29,30). The van der Waals surface area contributed by atoms with Crippen molar-refractivity contribution in [2.45, 2.75) is 51.0 Å². The van der Waals surface area contributed by atoms with E-state index < -0.39 is 5.97 Å². The molecule has 1 unspecified atom stereocenters. The number of hydrogen-bond acceptors (Lipinski definition) is 7. The Labute approximate surface area is 189 Å². The van der Waals surface area contributed by atoms with E-state index in [4.69, 9.17) is 9.47 Å². The summed E-state index contributed by atoms with van der Waals surface area (Å²) in [5.41, 5.74) is 3.87. The summed E-state index contributed by atoms with van der Waals surface area (Å²) in [7, 11) is 1.54. The zero-order chi connectivity index (χ0) is 22.5. The number of nitrogens with one attached hydrogen (secondary N) is 1. The van der Waals surface area contributed by atoms with E-state index in [2.05, 4.69) is 45.3 Å². The lowest BCUT2D eigenvalue weighted by Crippen LogP contribution is -2.39. The summed E-state index contributed by atoms with van der Waals surface area (Å²) in [6, 6.07) is 7.09. The van der Waals surface area contributed by atoms with Gasteiger partial charge < -0.3 is 24.8 Å². The van der Waals surface area contributed by atoms with Crippen LogP contribution in [0.3, 0.4) is 0 Å². The van der Waals surface area contributed by atoms with Gasteiger partial charge in [-0.2, -0.15) is 0 Å². The molecular formula is C24H32N4O4. The molecule has 0 spiro atoms. The first-order valence-electron chi connectivity index (χ1n) is 11.4. The molecule has 0 amide bonds. The molecule has 1 aromatic carbocycles. The lowest BCUT2D eigenvalue weighted by atomic mass is 9.90. The van der Waals surface area contributed by atoms with Crippen molar-refractivity contribution in [1.82, 2.24) is 9.97 Å². The topological polar surface area (TPSA) is 96.8 Å². The molecule has 8 heteroatoms. The Morgan fingerprint density at radius 3 is 2.56 bits per heavy atom. The predicted molar refractivity (Wildman–Crippen MR) is 123 cm³/mol. The number of benzene rings is 1. The second-order valence-electron chi connectivity index (χ2n) is 8.53. The lowest BCUT2D eigenvalue weighted by molar-refractivity contribution is -0.137. The Morgan fingerprint density at radius 1 is 1.25 bits per heavy atom. The maximum Gasteiger partial charge on any atom is 0.316 e. The second-order valence-corrected chi connectivity index (χ2v) is 8.53.